The lowest BCUT2D eigenvalue weighted by Gasteiger charge is -2.10. The van der Waals surface area contributed by atoms with Crippen molar-refractivity contribution < 1.29 is 8.42 Å². The fraction of sp³-hybridized carbons (Fsp3) is 0.188. The molecular formula is C16H16ClN3O2S. The van der Waals surface area contributed by atoms with Gasteiger partial charge in [0.2, 0.25) is 0 Å². The molecule has 0 spiro atoms. The topological polar surface area (TPSA) is 56.9 Å². The van der Waals surface area contributed by atoms with Crippen LogP contribution in [0.4, 0.5) is 0 Å². The molecule has 0 aliphatic rings. The van der Waals surface area contributed by atoms with Gasteiger partial charge >= 0.3 is 0 Å². The fourth-order valence-corrected chi connectivity index (χ4v) is 4.11. The molecule has 3 rings (SSSR count). The number of nitrogens with zero attached hydrogens (tertiary/aromatic N) is 3. The standard InChI is InChI=1S/C16H16ClN3O2S/c1-11-4-6-14(7-5-11)23(21,22)20-9-13(17)8-16(20)15-10-19(3)18-12(15)2/h4-10H,1-3H3. The summed E-state index contributed by atoms with van der Waals surface area (Å²) in [7, 11) is -1.93. The molecule has 0 saturated carbocycles. The zero-order valence-corrected chi connectivity index (χ0v) is 14.6. The van der Waals surface area contributed by atoms with Crippen LogP contribution in [0, 0.1) is 13.8 Å². The Kier molecular flexibility index (Phi) is 3.82. The number of hydrogen-bond acceptors (Lipinski definition) is 3. The van der Waals surface area contributed by atoms with Crippen molar-refractivity contribution in [2.75, 3.05) is 0 Å². The molecule has 2 heterocycles. The van der Waals surface area contributed by atoms with Gasteiger partial charge in [0.15, 0.2) is 0 Å². The maximum absolute atomic E-state index is 12.9. The first-order valence-electron chi connectivity index (χ1n) is 7.00. The first-order chi connectivity index (χ1) is 10.8. The van der Waals surface area contributed by atoms with Crippen molar-refractivity contribution in [2.24, 2.45) is 7.05 Å². The van der Waals surface area contributed by atoms with E-state index >= 15 is 0 Å². The van der Waals surface area contributed by atoms with Crippen LogP contribution in [-0.4, -0.2) is 22.2 Å². The van der Waals surface area contributed by atoms with Crippen LogP contribution < -0.4 is 0 Å². The van der Waals surface area contributed by atoms with E-state index in [1.54, 1.807) is 48.3 Å². The van der Waals surface area contributed by atoms with E-state index in [2.05, 4.69) is 5.10 Å². The summed E-state index contributed by atoms with van der Waals surface area (Å²) < 4.78 is 28.8. The lowest BCUT2D eigenvalue weighted by molar-refractivity contribution is 0.588. The maximum atomic E-state index is 12.9. The number of rotatable bonds is 3. The quantitative estimate of drug-likeness (QED) is 0.728. The van der Waals surface area contributed by atoms with Crippen molar-refractivity contribution in [1.82, 2.24) is 13.8 Å². The van der Waals surface area contributed by atoms with Gasteiger partial charge in [0, 0.05) is 25.0 Å². The molecule has 0 fully saturated rings. The molecule has 5 nitrogen and oxygen atoms in total. The molecule has 3 aromatic rings. The Morgan fingerprint density at radius 3 is 2.30 bits per heavy atom. The number of hydrogen-bond donors (Lipinski definition) is 0. The van der Waals surface area contributed by atoms with Crippen LogP contribution in [0.15, 0.2) is 47.6 Å². The van der Waals surface area contributed by atoms with Gasteiger partial charge in [-0.25, -0.2) is 12.4 Å². The molecule has 0 saturated heterocycles. The van der Waals surface area contributed by atoms with Crippen molar-refractivity contribution in [3.63, 3.8) is 0 Å². The Labute approximate surface area is 140 Å². The molecular weight excluding hydrogens is 334 g/mol. The Balaban J connectivity index is 2.21. The minimum absolute atomic E-state index is 0.221. The molecule has 0 bridgehead atoms. The molecule has 0 aliphatic carbocycles. The molecule has 1 aromatic carbocycles. The van der Waals surface area contributed by atoms with Gasteiger partial charge in [-0.05, 0) is 32.0 Å². The molecule has 0 atom stereocenters. The lowest BCUT2D eigenvalue weighted by atomic mass is 10.2. The molecule has 0 aliphatic heterocycles. The van der Waals surface area contributed by atoms with Crippen molar-refractivity contribution in [3.05, 3.63) is 59.0 Å². The summed E-state index contributed by atoms with van der Waals surface area (Å²) in [5.41, 5.74) is 2.97. The van der Waals surface area contributed by atoms with Gasteiger partial charge in [0.25, 0.3) is 10.0 Å². The molecule has 0 radical (unpaired) electrons. The summed E-state index contributed by atoms with van der Waals surface area (Å²) in [6.07, 6.45) is 3.20. The van der Waals surface area contributed by atoms with Gasteiger partial charge in [-0.1, -0.05) is 29.3 Å². The molecule has 2 aromatic heterocycles. The highest BCUT2D eigenvalue weighted by molar-refractivity contribution is 7.90. The summed E-state index contributed by atoms with van der Waals surface area (Å²) in [5.74, 6) is 0. The van der Waals surface area contributed by atoms with Gasteiger partial charge in [-0.15, -0.1) is 0 Å². The SMILES string of the molecule is Cc1ccc(S(=O)(=O)n2cc(Cl)cc2-c2cn(C)nc2C)cc1. The monoisotopic (exact) mass is 349 g/mol. The lowest BCUT2D eigenvalue weighted by Crippen LogP contribution is -2.13. The van der Waals surface area contributed by atoms with E-state index < -0.39 is 10.0 Å². The van der Waals surface area contributed by atoms with Crippen LogP contribution in [0.5, 0.6) is 0 Å². The van der Waals surface area contributed by atoms with Gasteiger partial charge in [0.05, 0.1) is 21.3 Å². The fourth-order valence-electron chi connectivity index (χ4n) is 2.48. The summed E-state index contributed by atoms with van der Waals surface area (Å²) in [6.45, 7) is 3.74. The largest absolute Gasteiger partial charge is 0.275 e. The third kappa shape index (κ3) is 2.80. The number of aryl methyl sites for hydroxylation is 3. The van der Waals surface area contributed by atoms with Crippen LogP contribution >= 0.6 is 11.6 Å². The number of halogens is 1. The summed E-state index contributed by atoms with van der Waals surface area (Å²) >= 11 is 6.08. The Morgan fingerprint density at radius 1 is 1.09 bits per heavy atom. The predicted octanol–water partition coefficient (Wildman–Crippen LogP) is 3.40. The van der Waals surface area contributed by atoms with E-state index in [4.69, 9.17) is 11.6 Å². The van der Waals surface area contributed by atoms with Crippen LogP contribution in [0.2, 0.25) is 5.02 Å². The third-order valence-electron chi connectivity index (χ3n) is 3.62. The van der Waals surface area contributed by atoms with Gasteiger partial charge < -0.3 is 0 Å². The number of benzene rings is 1. The van der Waals surface area contributed by atoms with E-state index in [-0.39, 0.29) is 4.90 Å². The predicted molar refractivity (Wildman–Crippen MR) is 90.1 cm³/mol. The second kappa shape index (κ2) is 5.54. The van der Waals surface area contributed by atoms with Crippen LogP contribution in [0.3, 0.4) is 0 Å². The Morgan fingerprint density at radius 2 is 1.74 bits per heavy atom. The van der Waals surface area contributed by atoms with E-state index in [0.29, 0.717) is 10.7 Å². The highest BCUT2D eigenvalue weighted by Crippen LogP contribution is 2.30. The van der Waals surface area contributed by atoms with E-state index in [1.165, 1.54) is 10.2 Å². The van der Waals surface area contributed by atoms with Crippen molar-refractivity contribution in [1.29, 1.82) is 0 Å². The smallest absolute Gasteiger partial charge is 0.268 e. The molecule has 7 heteroatoms. The maximum Gasteiger partial charge on any atom is 0.268 e. The average molecular weight is 350 g/mol. The van der Waals surface area contributed by atoms with Crippen molar-refractivity contribution >= 4 is 21.6 Å². The van der Waals surface area contributed by atoms with Crippen LogP contribution in [-0.2, 0) is 17.1 Å². The second-order valence-electron chi connectivity index (χ2n) is 5.46. The van der Waals surface area contributed by atoms with Gasteiger partial charge in [0.1, 0.15) is 0 Å². The Bertz CT molecular complexity index is 969. The minimum Gasteiger partial charge on any atom is -0.275 e. The normalized spacial score (nSPS) is 11.8. The first-order valence-corrected chi connectivity index (χ1v) is 8.81. The molecule has 23 heavy (non-hydrogen) atoms. The third-order valence-corrected chi connectivity index (χ3v) is 5.51. The van der Waals surface area contributed by atoms with Crippen LogP contribution in [0.1, 0.15) is 11.3 Å². The first kappa shape index (κ1) is 15.8. The molecule has 0 amide bonds. The van der Waals surface area contributed by atoms with Gasteiger partial charge in [-0.3, -0.25) is 4.68 Å². The number of aromatic nitrogens is 3. The summed E-state index contributed by atoms with van der Waals surface area (Å²) in [5, 5.41) is 4.63. The molecule has 120 valence electrons. The second-order valence-corrected chi connectivity index (χ2v) is 7.71. The zero-order valence-electron chi connectivity index (χ0n) is 13.0. The van der Waals surface area contributed by atoms with E-state index in [1.807, 2.05) is 13.8 Å². The minimum atomic E-state index is -3.73. The Hall–Kier alpha value is -2.05. The zero-order chi connectivity index (χ0) is 16.8. The van der Waals surface area contributed by atoms with Gasteiger partial charge in [-0.2, -0.15) is 5.10 Å². The van der Waals surface area contributed by atoms with E-state index in [9.17, 15) is 8.42 Å². The van der Waals surface area contributed by atoms with Crippen molar-refractivity contribution in [3.8, 4) is 11.3 Å². The highest BCUT2D eigenvalue weighted by Gasteiger charge is 2.23. The van der Waals surface area contributed by atoms with E-state index in [0.717, 1.165) is 16.8 Å². The summed E-state index contributed by atoms with van der Waals surface area (Å²) in [4.78, 5) is 0.221. The average Bonchev–Trinajstić information content (AvgIpc) is 3.02. The molecule has 0 N–H and O–H groups in total. The molecule has 0 unspecified atom stereocenters. The highest BCUT2D eigenvalue weighted by atomic mass is 35.5. The summed E-state index contributed by atoms with van der Waals surface area (Å²) in [6, 6.07) is 8.37. The van der Waals surface area contributed by atoms with Crippen molar-refractivity contribution in [2.45, 2.75) is 18.7 Å². The van der Waals surface area contributed by atoms with Crippen LogP contribution in [0.25, 0.3) is 11.3 Å².